The smallest absolute Gasteiger partial charge is 0.297 e. The van der Waals surface area contributed by atoms with Crippen LogP contribution >= 0.6 is 0 Å². The van der Waals surface area contributed by atoms with Gasteiger partial charge in [0.1, 0.15) is 18.3 Å². The van der Waals surface area contributed by atoms with Gasteiger partial charge in [-0.3, -0.25) is 14.0 Å². The molecule has 3 saturated heterocycles. The standard InChI is InChI=1S/C35H36N2O5S.ClH/c1-4-25-20-37(21-27-17-24(3)18-28(22-38)34(27)39)16-14-26(25)19-33(37)35(31-13-15-36-32-8-6-5-7-30(31)32)42-43(40,41)29-11-9-23(2)10-12-29;/h4-13,15,17-18,22,25-26,33,35H,1,14,16,19-21H2,2-3H3;1H/t25?,26?,33?,35-,37?;/m0./s1. The van der Waals surface area contributed by atoms with Gasteiger partial charge >= 0.3 is 0 Å². The zero-order chi connectivity index (χ0) is 30.4. The highest BCUT2D eigenvalue weighted by Crippen LogP contribution is 2.50. The number of para-hydroxylation sites is 1. The van der Waals surface area contributed by atoms with Crippen molar-refractivity contribution in [2.75, 3.05) is 13.1 Å². The van der Waals surface area contributed by atoms with Crippen molar-refractivity contribution in [2.24, 2.45) is 11.8 Å². The van der Waals surface area contributed by atoms with E-state index in [1.165, 1.54) is 0 Å². The van der Waals surface area contributed by atoms with Crippen molar-refractivity contribution in [1.29, 1.82) is 0 Å². The van der Waals surface area contributed by atoms with Crippen molar-refractivity contribution >= 4 is 27.3 Å². The van der Waals surface area contributed by atoms with Crippen LogP contribution in [0.4, 0.5) is 0 Å². The quantitative estimate of drug-likeness (QED) is 0.132. The number of hydrogen-bond donors (Lipinski definition) is 1. The molecule has 1 N–H and O–H groups in total. The average molecular weight is 633 g/mol. The van der Waals surface area contributed by atoms with Crippen molar-refractivity contribution in [3.63, 3.8) is 0 Å². The number of aromatic hydroxyl groups is 1. The number of fused-ring (bicyclic) bond motifs is 4. The SMILES string of the molecule is C=CC1C[N+]2(Cc3cc(C)cc(C=O)c3O)CCC1CC2[C@@H](OS(=O)(=O)c1ccc(C)cc1)c1ccnc2ccccc12.[Cl-]. The minimum absolute atomic E-state index is 0. The third-order valence-corrected chi connectivity index (χ3v) is 10.8. The van der Waals surface area contributed by atoms with Crippen LogP contribution in [0.3, 0.4) is 0 Å². The summed E-state index contributed by atoms with van der Waals surface area (Å²) >= 11 is 0. The van der Waals surface area contributed by atoms with Crippen molar-refractivity contribution < 1.29 is 39.4 Å². The number of hydrogen-bond acceptors (Lipinski definition) is 6. The number of aromatic nitrogens is 1. The number of halogens is 1. The Morgan fingerprint density at radius 3 is 2.57 bits per heavy atom. The Kier molecular flexibility index (Phi) is 9.01. The first-order valence-electron chi connectivity index (χ1n) is 14.7. The van der Waals surface area contributed by atoms with Gasteiger partial charge in [0.2, 0.25) is 0 Å². The molecule has 5 atom stereocenters. The molecular weight excluding hydrogens is 596 g/mol. The Labute approximate surface area is 265 Å². The van der Waals surface area contributed by atoms with Crippen LogP contribution in [0.15, 0.2) is 90.5 Å². The van der Waals surface area contributed by atoms with Crippen LogP contribution in [-0.4, -0.2) is 48.4 Å². The summed E-state index contributed by atoms with van der Waals surface area (Å²) in [7, 11) is -4.15. The van der Waals surface area contributed by atoms with Gasteiger partial charge in [-0.05, 0) is 67.3 Å². The van der Waals surface area contributed by atoms with Crippen molar-refractivity contribution in [3.8, 4) is 5.75 Å². The molecular formula is C35H37ClN2O5S. The molecule has 7 rings (SSSR count). The van der Waals surface area contributed by atoms with E-state index < -0.39 is 16.2 Å². The molecule has 3 aromatic carbocycles. The molecule has 3 aliphatic heterocycles. The molecule has 4 unspecified atom stereocenters. The topological polar surface area (TPSA) is 93.6 Å². The fraction of sp³-hybridized carbons (Fsp3) is 0.314. The number of quaternary nitrogens is 1. The highest BCUT2D eigenvalue weighted by molar-refractivity contribution is 7.86. The predicted octanol–water partition coefficient (Wildman–Crippen LogP) is 3.43. The number of piperidine rings is 3. The summed E-state index contributed by atoms with van der Waals surface area (Å²) in [5.74, 6) is 0.556. The lowest BCUT2D eigenvalue weighted by atomic mass is 9.71. The molecule has 0 spiro atoms. The largest absolute Gasteiger partial charge is 1.00 e. The number of carbonyl (C=O) groups is 1. The summed E-state index contributed by atoms with van der Waals surface area (Å²) < 4.78 is 34.7. The second-order valence-corrected chi connectivity index (χ2v) is 13.8. The summed E-state index contributed by atoms with van der Waals surface area (Å²) in [4.78, 5) is 16.5. The summed E-state index contributed by atoms with van der Waals surface area (Å²) in [5, 5.41) is 12.0. The van der Waals surface area contributed by atoms with E-state index in [4.69, 9.17) is 4.18 Å². The summed E-state index contributed by atoms with van der Waals surface area (Å²) in [6, 6.07) is 19.7. The molecule has 3 fully saturated rings. The number of aryl methyl sites for hydroxylation is 2. The Morgan fingerprint density at radius 1 is 1.09 bits per heavy atom. The summed E-state index contributed by atoms with van der Waals surface area (Å²) in [6.07, 6.45) is 5.28. The molecule has 1 aromatic heterocycles. The lowest BCUT2D eigenvalue weighted by Crippen LogP contribution is -3.00. The molecule has 0 amide bonds. The van der Waals surface area contributed by atoms with Gasteiger partial charge in [-0.2, -0.15) is 8.42 Å². The predicted molar refractivity (Wildman–Crippen MR) is 166 cm³/mol. The van der Waals surface area contributed by atoms with Gasteiger partial charge in [0.25, 0.3) is 10.1 Å². The van der Waals surface area contributed by atoms with Crippen LogP contribution in [0.1, 0.15) is 51.6 Å². The van der Waals surface area contributed by atoms with Crippen molar-refractivity contribution in [3.05, 3.63) is 113 Å². The molecule has 3 aliphatic rings. The van der Waals surface area contributed by atoms with Crippen molar-refractivity contribution in [2.45, 2.75) is 50.3 Å². The van der Waals surface area contributed by atoms with E-state index in [1.54, 1.807) is 36.5 Å². The van der Waals surface area contributed by atoms with Gasteiger partial charge in [-0.1, -0.05) is 42.0 Å². The van der Waals surface area contributed by atoms with E-state index in [2.05, 4.69) is 11.6 Å². The number of nitrogens with zero attached hydrogens (tertiary/aromatic N) is 2. The summed E-state index contributed by atoms with van der Waals surface area (Å²) in [5.41, 5.74) is 4.31. The van der Waals surface area contributed by atoms with Crippen LogP contribution in [0, 0.1) is 25.7 Å². The van der Waals surface area contributed by atoms with E-state index in [0.717, 1.165) is 53.5 Å². The molecule has 9 heteroatoms. The third-order valence-electron chi connectivity index (χ3n) is 9.53. The number of phenols is 1. The van der Waals surface area contributed by atoms with Gasteiger partial charge in [-0.15, -0.1) is 6.58 Å². The molecule has 2 bridgehead atoms. The Morgan fingerprint density at radius 2 is 1.84 bits per heavy atom. The first kappa shape index (κ1) is 31.9. The number of benzene rings is 3. The molecule has 0 aliphatic carbocycles. The van der Waals surface area contributed by atoms with E-state index in [1.807, 2.05) is 56.3 Å². The van der Waals surface area contributed by atoms with Gasteiger partial charge in [0.05, 0.1) is 29.1 Å². The van der Waals surface area contributed by atoms with Gasteiger partial charge < -0.3 is 22.0 Å². The lowest BCUT2D eigenvalue weighted by molar-refractivity contribution is -0.984. The van der Waals surface area contributed by atoms with E-state index in [9.17, 15) is 18.3 Å². The van der Waals surface area contributed by atoms with Crippen LogP contribution in [0.5, 0.6) is 5.75 Å². The molecule has 44 heavy (non-hydrogen) atoms. The maximum atomic E-state index is 13.9. The van der Waals surface area contributed by atoms with Gasteiger partial charge in [0.15, 0.2) is 12.4 Å². The number of pyridine rings is 1. The van der Waals surface area contributed by atoms with E-state index in [-0.39, 0.29) is 40.6 Å². The number of aldehydes is 1. The van der Waals surface area contributed by atoms with E-state index >= 15 is 0 Å². The average Bonchev–Trinajstić information content (AvgIpc) is 3.01. The van der Waals surface area contributed by atoms with E-state index in [0.29, 0.717) is 28.8 Å². The Hall–Kier alpha value is -3.56. The number of rotatable bonds is 9. The number of carbonyl (C=O) groups excluding carboxylic acids is 1. The molecule has 0 saturated carbocycles. The molecule has 7 nitrogen and oxygen atoms in total. The minimum Gasteiger partial charge on any atom is -1.00 e. The second-order valence-electron chi connectivity index (χ2n) is 12.2. The van der Waals surface area contributed by atoms with Gasteiger partial charge in [-0.25, -0.2) is 0 Å². The normalized spacial score (nSPS) is 23.5. The fourth-order valence-corrected chi connectivity index (χ4v) is 8.47. The third kappa shape index (κ3) is 5.79. The number of phenolic OH excluding ortho intramolecular Hbond substituents is 1. The zero-order valence-electron chi connectivity index (χ0n) is 24.9. The zero-order valence-corrected chi connectivity index (χ0v) is 26.5. The fourth-order valence-electron chi connectivity index (χ4n) is 7.38. The van der Waals surface area contributed by atoms with Crippen LogP contribution in [0.2, 0.25) is 0 Å². The van der Waals surface area contributed by atoms with Gasteiger partial charge in [0, 0.05) is 35.9 Å². The maximum Gasteiger partial charge on any atom is 0.297 e. The highest BCUT2D eigenvalue weighted by atomic mass is 35.5. The lowest BCUT2D eigenvalue weighted by Gasteiger charge is -2.58. The molecule has 4 aromatic rings. The van der Waals surface area contributed by atoms with Crippen molar-refractivity contribution in [1.82, 2.24) is 4.98 Å². The first-order valence-corrected chi connectivity index (χ1v) is 16.1. The van der Waals surface area contributed by atoms with Crippen LogP contribution in [-0.2, 0) is 20.8 Å². The first-order chi connectivity index (χ1) is 20.6. The second kappa shape index (κ2) is 12.4. The Bertz CT molecular complexity index is 1800. The Balaban J connectivity index is 0.00000384. The van der Waals surface area contributed by atoms with Crippen LogP contribution in [0.25, 0.3) is 10.9 Å². The molecule has 230 valence electrons. The molecule has 4 heterocycles. The maximum absolute atomic E-state index is 13.9. The monoisotopic (exact) mass is 632 g/mol. The highest BCUT2D eigenvalue weighted by Gasteiger charge is 2.55. The molecule has 0 radical (unpaired) electrons. The van der Waals surface area contributed by atoms with Crippen LogP contribution < -0.4 is 12.4 Å². The summed E-state index contributed by atoms with van der Waals surface area (Å²) in [6.45, 7) is 9.91. The minimum atomic E-state index is -4.15.